The summed E-state index contributed by atoms with van der Waals surface area (Å²) in [6.45, 7) is 3.77. The molecule has 1 aliphatic rings. The zero-order chi connectivity index (χ0) is 14.4. The van der Waals surface area contributed by atoms with E-state index in [9.17, 15) is 13.2 Å². The van der Waals surface area contributed by atoms with Crippen LogP contribution in [0.2, 0.25) is 0 Å². The summed E-state index contributed by atoms with van der Waals surface area (Å²) >= 11 is 0. The van der Waals surface area contributed by atoms with E-state index in [0.717, 1.165) is 12.8 Å². The summed E-state index contributed by atoms with van der Waals surface area (Å²) in [5.41, 5.74) is 0.364. The van der Waals surface area contributed by atoms with E-state index >= 15 is 0 Å². The Kier molecular flexibility index (Phi) is 3.66. The molecular weight excluding hydrogens is 288 g/mol. The highest BCUT2D eigenvalue weighted by atomic mass is 35.7. The summed E-state index contributed by atoms with van der Waals surface area (Å²) in [6.07, 6.45) is 3.43. The Balaban J connectivity index is 2.43. The Bertz CT molecular complexity index is 602. The fourth-order valence-corrected chi connectivity index (χ4v) is 2.74. The molecule has 1 aromatic heterocycles. The molecule has 1 saturated carbocycles. The second kappa shape index (κ2) is 4.83. The number of amides is 1. The maximum atomic E-state index is 12.4. The third kappa shape index (κ3) is 2.95. The largest absolute Gasteiger partial charge is 0.340 e. The Morgan fingerprint density at radius 1 is 1.47 bits per heavy atom. The van der Waals surface area contributed by atoms with Gasteiger partial charge in [-0.15, -0.1) is 0 Å². The van der Waals surface area contributed by atoms with Gasteiger partial charge in [-0.1, -0.05) is 0 Å². The van der Waals surface area contributed by atoms with Gasteiger partial charge in [0.05, 0.1) is 0 Å². The van der Waals surface area contributed by atoms with Gasteiger partial charge in [-0.25, -0.2) is 8.42 Å². The number of halogens is 1. The molecule has 1 amide bonds. The third-order valence-electron chi connectivity index (χ3n) is 3.30. The second-order valence-electron chi connectivity index (χ2n) is 5.15. The molecule has 2 rings (SSSR count). The standard InChI is InChI=1S/C12H17ClN2O3S/c1-8(2)15-7-10(19(13,17)18)6-11(15)12(16)14(3)9-4-5-9/h6-9H,4-5H2,1-3H3. The monoisotopic (exact) mass is 304 g/mol. The molecule has 106 valence electrons. The molecule has 0 unspecified atom stereocenters. The average Bonchev–Trinajstić information content (AvgIpc) is 3.03. The molecule has 7 heteroatoms. The van der Waals surface area contributed by atoms with Crippen LogP contribution in [0.25, 0.3) is 0 Å². The molecular formula is C12H17ClN2O3S. The van der Waals surface area contributed by atoms with Gasteiger partial charge < -0.3 is 9.47 Å². The quantitative estimate of drug-likeness (QED) is 0.802. The number of nitrogens with zero attached hydrogens (tertiary/aromatic N) is 2. The first-order valence-electron chi connectivity index (χ1n) is 6.15. The second-order valence-corrected chi connectivity index (χ2v) is 7.71. The molecule has 0 atom stereocenters. The van der Waals surface area contributed by atoms with Crippen LogP contribution in [0.1, 0.15) is 43.2 Å². The molecule has 0 radical (unpaired) electrons. The van der Waals surface area contributed by atoms with Crippen molar-refractivity contribution in [3.8, 4) is 0 Å². The lowest BCUT2D eigenvalue weighted by Gasteiger charge is -2.19. The lowest BCUT2D eigenvalue weighted by molar-refractivity contribution is 0.0772. The molecule has 0 bridgehead atoms. The predicted molar refractivity (Wildman–Crippen MR) is 73.0 cm³/mol. The van der Waals surface area contributed by atoms with Gasteiger partial charge in [0.2, 0.25) is 0 Å². The minimum Gasteiger partial charge on any atom is -0.340 e. The van der Waals surface area contributed by atoms with E-state index < -0.39 is 9.05 Å². The average molecular weight is 305 g/mol. The van der Waals surface area contributed by atoms with E-state index in [2.05, 4.69) is 0 Å². The van der Waals surface area contributed by atoms with Crippen LogP contribution in [0, 0.1) is 0 Å². The van der Waals surface area contributed by atoms with E-state index in [1.54, 1.807) is 16.5 Å². The Labute approximate surface area is 117 Å². The Morgan fingerprint density at radius 3 is 2.47 bits per heavy atom. The topological polar surface area (TPSA) is 59.4 Å². The van der Waals surface area contributed by atoms with E-state index in [1.807, 2.05) is 13.8 Å². The molecule has 19 heavy (non-hydrogen) atoms. The molecule has 0 spiro atoms. The molecule has 0 aliphatic heterocycles. The van der Waals surface area contributed by atoms with Crippen molar-refractivity contribution in [2.75, 3.05) is 7.05 Å². The van der Waals surface area contributed by atoms with Crippen LogP contribution in [0.4, 0.5) is 0 Å². The maximum Gasteiger partial charge on any atom is 0.270 e. The van der Waals surface area contributed by atoms with Crippen LogP contribution in [0.3, 0.4) is 0 Å². The van der Waals surface area contributed by atoms with Crippen molar-refractivity contribution in [1.29, 1.82) is 0 Å². The zero-order valence-corrected chi connectivity index (χ0v) is 12.7. The molecule has 1 aromatic rings. The fourth-order valence-electron chi connectivity index (χ4n) is 1.99. The normalized spacial score (nSPS) is 15.8. The Hall–Kier alpha value is -1.01. The third-order valence-corrected chi connectivity index (χ3v) is 4.62. The summed E-state index contributed by atoms with van der Waals surface area (Å²) in [5.74, 6) is -0.164. The summed E-state index contributed by atoms with van der Waals surface area (Å²) in [4.78, 5) is 14.0. The number of carbonyl (C=O) groups is 1. The summed E-state index contributed by atoms with van der Waals surface area (Å²) in [5, 5.41) is 0. The van der Waals surface area contributed by atoms with Crippen LogP contribution < -0.4 is 0 Å². The van der Waals surface area contributed by atoms with Gasteiger partial charge >= 0.3 is 0 Å². The van der Waals surface area contributed by atoms with Gasteiger partial charge in [0.1, 0.15) is 10.6 Å². The SMILES string of the molecule is CC(C)n1cc(S(=O)(=O)Cl)cc1C(=O)N(C)C1CC1. The number of aromatic nitrogens is 1. The lowest BCUT2D eigenvalue weighted by atomic mass is 10.3. The van der Waals surface area contributed by atoms with Gasteiger partial charge in [0.15, 0.2) is 0 Å². The first-order valence-corrected chi connectivity index (χ1v) is 8.46. The van der Waals surface area contributed by atoms with E-state index in [1.165, 1.54) is 12.3 Å². The van der Waals surface area contributed by atoms with Crippen LogP contribution in [-0.4, -0.2) is 36.9 Å². The highest BCUT2D eigenvalue weighted by Crippen LogP contribution is 2.28. The van der Waals surface area contributed by atoms with Crippen LogP contribution >= 0.6 is 10.7 Å². The molecule has 1 fully saturated rings. The first-order chi connectivity index (χ1) is 8.71. The van der Waals surface area contributed by atoms with Crippen molar-refractivity contribution in [3.05, 3.63) is 18.0 Å². The number of carbonyl (C=O) groups excluding carboxylic acids is 1. The van der Waals surface area contributed by atoms with Crippen LogP contribution in [-0.2, 0) is 9.05 Å². The van der Waals surface area contributed by atoms with Crippen LogP contribution in [0.5, 0.6) is 0 Å². The molecule has 1 heterocycles. The molecule has 5 nitrogen and oxygen atoms in total. The highest BCUT2D eigenvalue weighted by molar-refractivity contribution is 8.13. The minimum atomic E-state index is -3.82. The first kappa shape index (κ1) is 14.4. The van der Waals surface area contributed by atoms with E-state index in [-0.39, 0.29) is 22.9 Å². The predicted octanol–water partition coefficient (Wildman–Crippen LogP) is 2.23. The van der Waals surface area contributed by atoms with Crippen molar-refractivity contribution < 1.29 is 13.2 Å². The van der Waals surface area contributed by atoms with Gasteiger partial charge in [0, 0.05) is 36.0 Å². The smallest absolute Gasteiger partial charge is 0.270 e. The fraction of sp³-hybridized carbons (Fsp3) is 0.583. The molecule has 0 aromatic carbocycles. The zero-order valence-electron chi connectivity index (χ0n) is 11.1. The summed E-state index contributed by atoms with van der Waals surface area (Å²) in [7, 11) is 3.26. The lowest BCUT2D eigenvalue weighted by Crippen LogP contribution is -2.30. The minimum absolute atomic E-state index is 0.0151. The number of hydrogen-bond donors (Lipinski definition) is 0. The van der Waals surface area contributed by atoms with Crippen molar-refractivity contribution in [2.24, 2.45) is 0 Å². The summed E-state index contributed by atoms with van der Waals surface area (Å²) < 4.78 is 24.4. The van der Waals surface area contributed by atoms with E-state index in [0.29, 0.717) is 5.69 Å². The molecule has 0 saturated heterocycles. The highest BCUT2D eigenvalue weighted by Gasteiger charge is 2.32. The van der Waals surface area contributed by atoms with Gasteiger partial charge in [-0.05, 0) is 32.8 Å². The number of rotatable bonds is 4. The summed E-state index contributed by atoms with van der Waals surface area (Å²) in [6, 6.07) is 1.61. The van der Waals surface area contributed by atoms with Crippen LogP contribution in [0.15, 0.2) is 17.2 Å². The molecule has 1 aliphatic carbocycles. The number of hydrogen-bond acceptors (Lipinski definition) is 3. The van der Waals surface area contributed by atoms with Crippen molar-refractivity contribution in [2.45, 2.75) is 43.7 Å². The maximum absolute atomic E-state index is 12.4. The van der Waals surface area contributed by atoms with Crippen molar-refractivity contribution >= 4 is 25.6 Å². The van der Waals surface area contributed by atoms with Gasteiger partial charge in [-0.3, -0.25) is 4.79 Å². The van der Waals surface area contributed by atoms with Gasteiger partial charge in [-0.2, -0.15) is 0 Å². The van der Waals surface area contributed by atoms with E-state index in [4.69, 9.17) is 10.7 Å². The van der Waals surface area contributed by atoms with Gasteiger partial charge in [0.25, 0.3) is 15.0 Å². The molecule has 0 N–H and O–H groups in total. The Morgan fingerprint density at radius 2 is 2.05 bits per heavy atom. The van der Waals surface area contributed by atoms with Crippen molar-refractivity contribution in [3.63, 3.8) is 0 Å². The van der Waals surface area contributed by atoms with Crippen molar-refractivity contribution in [1.82, 2.24) is 9.47 Å².